The van der Waals surface area contributed by atoms with Gasteiger partial charge < -0.3 is 20.1 Å². The Bertz CT molecular complexity index is 584. The largest absolute Gasteiger partial charge is 0.394 e. The predicted octanol–water partition coefficient (Wildman–Crippen LogP) is 1.96. The maximum absolute atomic E-state index is 13.4. The highest BCUT2D eigenvalue weighted by atomic mass is 19.2. The number of carbonyl (C=O) groups excluding carboxylic acids is 1. The minimum atomic E-state index is -0.928. The van der Waals surface area contributed by atoms with Crippen LogP contribution in [0.15, 0.2) is 18.2 Å². The van der Waals surface area contributed by atoms with Gasteiger partial charge in [-0.05, 0) is 37.0 Å². The summed E-state index contributed by atoms with van der Waals surface area (Å²) in [5.41, 5.74) is 0.506. The van der Waals surface area contributed by atoms with Crippen LogP contribution in [0.4, 0.5) is 13.6 Å². The van der Waals surface area contributed by atoms with Crippen LogP contribution in [0, 0.1) is 11.6 Å². The van der Waals surface area contributed by atoms with Crippen LogP contribution in [0.2, 0.25) is 0 Å². The number of nitrogens with one attached hydrogen (secondary N) is 1. The van der Waals surface area contributed by atoms with Crippen molar-refractivity contribution in [2.24, 2.45) is 0 Å². The summed E-state index contributed by atoms with van der Waals surface area (Å²) < 4.78 is 32.1. The van der Waals surface area contributed by atoms with Gasteiger partial charge in [0.1, 0.15) is 6.10 Å². The number of amides is 2. The fourth-order valence-corrected chi connectivity index (χ4v) is 3.29. The number of hydrogen-bond acceptors (Lipinski definition) is 3. The molecule has 1 aromatic rings. The SMILES string of the molecule is O=C(N[C@@H]1CCO[C@H]1c1ccc(F)c(F)c1)N1CCC[C@H]1CO. The minimum Gasteiger partial charge on any atom is -0.394 e. The average molecular weight is 326 g/mol. The van der Waals surface area contributed by atoms with Crippen molar-refractivity contribution in [2.75, 3.05) is 19.8 Å². The molecule has 2 fully saturated rings. The van der Waals surface area contributed by atoms with Crippen molar-refractivity contribution in [1.29, 1.82) is 0 Å². The van der Waals surface area contributed by atoms with Gasteiger partial charge in [0.2, 0.25) is 0 Å². The lowest BCUT2D eigenvalue weighted by Crippen LogP contribution is -2.48. The summed E-state index contributed by atoms with van der Waals surface area (Å²) >= 11 is 0. The molecule has 0 radical (unpaired) electrons. The second-order valence-electron chi connectivity index (χ2n) is 5.98. The van der Waals surface area contributed by atoms with Crippen molar-refractivity contribution >= 4 is 6.03 Å². The first kappa shape index (κ1) is 16.1. The quantitative estimate of drug-likeness (QED) is 0.893. The first-order valence-corrected chi connectivity index (χ1v) is 7.84. The van der Waals surface area contributed by atoms with E-state index in [-0.39, 0.29) is 24.7 Å². The normalized spacial score (nSPS) is 27.4. The monoisotopic (exact) mass is 326 g/mol. The Kier molecular flexibility index (Phi) is 4.77. The third kappa shape index (κ3) is 3.30. The fourth-order valence-electron chi connectivity index (χ4n) is 3.29. The van der Waals surface area contributed by atoms with Gasteiger partial charge in [-0.25, -0.2) is 13.6 Å². The van der Waals surface area contributed by atoms with Gasteiger partial charge >= 0.3 is 6.03 Å². The lowest BCUT2D eigenvalue weighted by atomic mass is 10.0. The smallest absolute Gasteiger partial charge is 0.318 e. The molecule has 0 aliphatic carbocycles. The standard InChI is InChI=1S/C16H20F2N2O3/c17-12-4-3-10(8-13(12)18)15-14(5-7-23-15)19-16(22)20-6-1-2-11(20)9-21/h3-4,8,11,14-15,21H,1-2,5-7,9H2,(H,19,22)/t11-,14+,15-/m0/s1. The van der Waals surface area contributed by atoms with Crippen LogP contribution in [-0.2, 0) is 4.74 Å². The molecule has 0 saturated carbocycles. The van der Waals surface area contributed by atoms with Gasteiger partial charge in [-0.2, -0.15) is 0 Å². The Hall–Kier alpha value is -1.73. The van der Waals surface area contributed by atoms with E-state index in [2.05, 4.69) is 5.32 Å². The Labute approximate surface area is 133 Å². The number of carbonyl (C=O) groups is 1. The Morgan fingerprint density at radius 2 is 2.17 bits per heavy atom. The number of urea groups is 1. The molecule has 1 aromatic carbocycles. The number of likely N-dealkylation sites (tertiary alicyclic amines) is 1. The molecular weight excluding hydrogens is 306 g/mol. The van der Waals surface area contributed by atoms with Crippen LogP contribution < -0.4 is 5.32 Å². The lowest BCUT2D eigenvalue weighted by Gasteiger charge is -2.27. The molecule has 2 N–H and O–H groups in total. The van der Waals surface area contributed by atoms with Crippen molar-refractivity contribution in [1.82, 2.24) is 10.2 Å². The molecule has 0 spiro atoms. The van der Waals surface area contributed by atoms with Gasteiger partial charge in [0.05, 0.1) is 18.7 Å². The molecule has 2 aliphatic rings. The van der Waals surface area contributed by atoms with Gasteiger partial charge in [0.25, 0.3) is 0 Å². The highest BCUT2D eigenvalue weighted by Crippen LogP contribution is 2.30. The summed E-state index contributed by atoms with van der Waals surface area (Å²) in [5, 5.41) is 12.2. The molecule has 2 aliphatic heterocycles. The summed E-state index contributed by atoms with van der Waals surface area (Å²) in [5.74, 6) is -1.84. The van der Waals surface area contributed by atoms with Crippen molar-refractivity contribution in [3.8, 4) is 0 Å². The van der Waals surface area contributed by atoms with Gasteiger partial charge in [-0.15, -0.1) is 0 Å². The van der Waals surface area contributed by atoms with Crippen molar-refractivity contribution in [2.45, 2.75) is 37.5 Å². The third-order valence-electron chi connectivity index (χ3n) is 4.52. The van der Waals surface area contributed by atoms with E-state index < -0.39 is 17.7 Å². The van der Waals surface area contributed by atoms with E-state index in [1.807, 2.05) is 0 Å². The van der Waals surface area contributed by atoms with Crippen LogP contribution in [0.5, 0.6) is 0 Å². The summed E-state index contributed by atoms with van der Waals surface area (Å²) in [7, 11) is 0. The molecule has 23 heavy (non-hydrogen) atoms. The van der Waals surface area contributed by atoms with Gasteiger partial charge in [0, 0.05) is 13.2 Å². The zero-order valence-electron chi connectivity index (χ0n) is 12.7. The van der Waals surface area contributed by atoms with Crippen LogP contribution >= 0.6 is 0 Å². The van der Waals surface area contributed by atoms with E-state index in [0.29, 0.717) is 25.1 Å². The van der Waals surface area contributed by atoms with E-state index in [9.17, 15) is 18.7 Å². The minimum absolute atomic E-state index is 0.0544. The number of ether oxygens (including phenoxy) is 1. The molecule has 2 heterocycles. The first-order chi connectivity index (χ1) is 11.1. The van der Waals surface area contributed by atoms with Crippen LogP contribution in [0.25, 0.3) is 0 Å². The summed E-state index contributed by atoms with van der Waals surface area (Å²) in [4.78, 5) is 14.0. The Balaban J connectivity index is 1.69. The zero-order chi connectivity index (χ0) is 16.4. The Morgan fingerprint density at radius 1 is 1.35 bits per heavy atom. The molecule has 0 unspecified atom stereocenters. The first-order valence-electron chi connectivity index (χ1n) is 7.84. The molecule has 2 saturated heterocycles. The van der Waals surface area contributed by atoms with Crippen molar-refractivity contribution in [3.63, 3.8) is 0 Å². The van der Waals surface area contributed by atoms with Crippen LogP contribution in [0.3, 0.4) is 0 Å². The summed E-state index contributed by atoms with van der Waals surface area (Å²) in [6.07, 6.45) is 1.76. The molecule has 0 bridgehead atoms. The number of rotatable bonds is 3. The maximum Gasteiger partial charge on any atom is 0.318 e. The molecule has 5 nitrogen and oxygen atoms in total. The molecule has 2 amide bonds. The number of benzene rings is 1. The molecule has 126 valence electrons. The second-order valence-corrected chi connectivity index (χ2v) is 5.98. The van der Waals surface area contributed by atoms with E-state index in [0.717, 1.165) is 25.0 Å². The zero-order valence-corrected chi connectivity index (χ0v) is 12.7. The van der Waals surface area contributed by atoms with Crippen molar-refractivity contribution in [3.05, 3.63) is 35.4 Å². The number of aliphatic hydroxyl groups excluding tert-OH is 1. The number of nitrogens with zero attached hydrogens (tertiary/aromatic N) is 1. The highest BCUT2D eigenvalue weighted by molar-refractivity contribution is 5.75. The van der Waals surface area contributed by atoms with Gasteiger partial charge in [0.15, 0.2) is 11.6 Å². The van der Waals surface area contributed by atoms with Gasteiger partial charge in [-0.1, -0.05) is 6.07 Å². The molecule has 3 atom stereocenters. The third-order valence-corrected chi connectivity index (χ3v) is 4.52. The fraction of sp³-hybridized carbons (Fsp3) is 0.562. The number of halogens is 2. The van der Waals surface area contributed by atoms with E-state index in [1.165, 1.54) is 6.07 Å². The second kappa shape index (κ2) is 6.80. The number of aliphatic hydroxyl groups is 1. The molecule has 3 rings (SSSR count). The van der Waals surface area contributed by atoms with E-state index in [1.54, 1.807) is 4.90 Å². The topological polar surface area (TPSA) is 61.8 Å². The summed E-state index contributed by atoms with van der Waals surface area (Å²) in [6, 6.07) is 2.94. The molecular formula is C16H20F2N2O3. The van der Waals surface area contributed by atoms with E-state index >= 15 is 0 Å². The highest BCUT2D eigenvalue weighted by Gasteiger charge is 2.35. The van der Waals surface area contributed by atoms with Crippen LogP contribution in [-0.4, -0.2) is 47.9 Å². The molecule has 0 aromatic heterocycles. The maximum atomic E-state index is 13.4. The summed E-state index contributed by atoms with van der Waals surface area (Å²) in [6.45, 7) is 1.000. The Morgan fingerprint density at radius 3 is 2.91 bits per heavy atom. The van der Waals surface area contributed by atoms with Gasteiger partial charge in [-0.3, -0.25) is 0 Å². The average Bonchev–Trinajstić information content (AvgIpc) is 3.18. The predicted molar refractivity (Wildman–Crippen MR) is 78.8 cm³/mol. The van der Waals surface area contributed by atoms with Crippen molar-refractivity contribution < 1.29 is 23.4 Å². The number of hydrogen-bond donors (Lipinski definition) is 2. The molecule has 7 heteroatoms. The van der Waals surface area contributed by atoms with E-state index in [4.69, 9.17) is 4.74 Å². The lowest BCUT2D eigenvalue weighted by molar-refractivity contribution is 0.0962. The van der Waals surface area contributed by atoms with Crippen LogP contribution in [0.1, 0.15) is 30.9 Å².